The predicted octanol–water partition coefficient (Wildman–Crippen LogP) is 0.596. The summed E-state index contributed by atoms with van der Waals surface area (Å²) in [6.45, 7) is 0.683. The SMILES string of the molecule is C#CCSCCNC(=O)CC(N)C1CC1. The number of amides is 1. The fourth-order valence-corrected chi connectivity index (χ4v) is 1.88. The smallest absolute Gasteiger partial charge is 0.221 e. The highest BCUT2D eigenvalue weighted by atomic mass is 32.2. The van der Waals surface area contributed by atoms with Gasteiger partial charge in [0.05, 0.1) is 5.75 Å². The van der Waals surface area contributed by atoms with E-state index in [4.69, 9.17) is 12.2 Å². The maximum atomic E-state index is 11.4. The number of hydrogen-bond donors (Lipinski definition) is 2. The average Bonchev–Trinajstić information content (AvgIpc) is 3.00. The van der Waals surface area contributed by atoms with E-state index in [-0.39, 0.29) is 11.9 Å². The molecule has 1 atom stereocenters. The first-order chi connectivity index (χ1) is 7.24. The lowest BCUT2D eigenvalue weighted by Crippen LogP contribution is -2.33. The van der Waals surface area contributed by atoms with Crippen LogP contribution in [0.5, 0.6) is 0 Å². The maximum absolute atomic E-state index is 11.4. The molecule has 1 rings (SSSR count). The number of rotatable bonds is 7. The molecule has 0 radical (unpaired) electrons. The highest BCUT2D eigenvalue weighted by Gasteiger charge is 2.29. The van der Waals surface area contributed by atoms with E-state index in [9.17, 15) is 4.79 Å². The summed E-state index contributed by atoms with van der Waals surface area (Å²) in [6, 6.07) is 0.0587. The molecule has 3 N–H and O–H groups in total. The van der Waals surface area contributed by atoms with Gasteiger partial charge in [-0.15, -0.1) is 18.2 Å². The third-order valence-electron chi connectivity index (χ3n) is 2.40. The van der Waals surface area contributed by atoms with Crippen molar-refractivity contribution in [3.05, 3.63) is 0 Å². The monoisotopic (exact) mass is 226 g/mol. The second-order valence-electron chi connectivity index (χ2n) is 3.81. The summed E-state index contributed by atoms with van der Waals surface area (Å²) in [5.74, 6) is 4.77. The highest BCUT2D eigenvalue weighted by Crippen LogP contribution is 2.32. The number of carbonyl (C=O) groups is 1. The molecule has 3 nitrogen and oxygen atoms in total. The molecule has 4 heteroatoms. The van der Waals surface area contributed by atoms with Crippen LogP contribution in [-0.4, -0.2) is 30.0 Å². The molecule has 0 aromatic rings. The second-order valence-corrected chi connectivity index (χ2v) is 4.92. The van der Waals surface area contributed by atoms with Gasteiger partial charge >= 0.3 is 0 Å². The van der Waals surface area contributed by atoms with Gasteiger partial charge in [0.15, 0.2) is 0 Å². The number of nitrogens with two attached hydrogens (primary N) is 1. The third kappa shape index (κ3) is 5.71. The lowest BCUT2D eigenvalue weighted by molar-refractivity contribution is -0.121. The van der Waals surface area contributed by atoms with Gasteiger partial charge in [-0.2, -0.15) is 0 Å². The molecule has 0 aliphatic heterocycles. The molecule has 15 heavy (non-hydrogen) atoms. The van der Waals surface area contributed by atoms with Crippen molar-refractivity contribution >= 4 is 17.7 Å². The zero-order valence-electron chi connectivity index (χ0n) is 8.87. The van der Waals surface area contributed by atoms with E-state index in [0.29, 0.717) is 24.6 Å². The summed E-state index contributed by atoms with van der Waals surface area (Å²) in [5, 5.41) is 2.85. The van der Waals surface area contributed by atoms with Crippen LogP contribution in [0.1, 0.15) is 19.3 Å². The molecule has 0 aromatic heterocycles. The first-order valence-electron chi connectivity index (χ1n) is 5.27. The summed E-state index contributed by atoms with van der Waals surface area (Å²) >= 11 is 1.65. The molecule has 0 heterocycles. The first kappa shape index (κ1) is 12.4. The zero-order valence-corrected chi connectivity index (χ0v) is 9.69. The summed E-state index contributed by atoms with van der Waals surface area (Å²) < 4.78 is 0. The van der Waals surface area contributed by atoms with Crippen molar-refractivity contribution in [2.45, 2.75) is 25.3 Å². The summed E-state index contributed by atoms with van der Waals surface area (Å²) in [4.78, 5) is 11.4. The predicted molar refractivity (Wildman–Crippen MR) is 64.5 cm³/mol. The van der Waals surface area contributed by atoms with E-state index in [1.807, 2.05) is 0 Å². The Morgan fingerprint density at radius 2 is 2.40 bits per heavy atom. The molecule has 1 fully saturated rings. The van der Waals surface area contributed by atoms with Crippen LogP contribution >= 0.6 is 11.8 Å². The Morgan fingerprint density at radius 3 is 3.00 bits per heavy atom. The van der Waals surface area contributed by atoms with Gasteiger partial charge in [0.25, 0.3) is 0 Å². The second kappa shape index (κ2) is 6.76. The van der Waals surface area contributed by atoms with Gasteiger partial charge < -0.3 is 11.1 Å². The topological polar surface area (TPSA) is 55.1 Å². The molecular weight excluding hydrogens is 208 g/mol. The fourth-order valence-electron chi connectivity index (χ4n) is 1.37. The van der Waals surface area contributed by atoms with E-state index < -0.39 is 0 Å². The Labute approximate surface area is 95.6 Å². The molecule has 1 amide bonds. The largest absolute Gasteiger partial charge is 0.355 e. The van der Waals surface area contributed by atoms with E-state index >= 15 is 0 Å². The number of thioether (sulfide) groups is 1. The van der Waals surface area contributed by atoms with E-state index in [2.05, 4.69) is 11.2 Å². The van der Waals surface area contributed by atoms with Crippen molar-refractivity contribution in [1.29, 1.82) is 0 Å². The number of nitrogens with one attached hydrogen (secondary N) is 1. The molecule has 1 aliphatic rings. The van der Waals surface area contributed by atoms with E-state index in [0.717, 1.165) is 5.75 Å². The minimum Gasteiger partial charge on any atom is -0.355 e. The molecule has 0 bridgehead atoms. The molecule has 84 valence electrons. The summed E-state index contributed by atoms with van der Waals surface area (Å²) in [7, 11) is 0. The number of terminal acetylenes is 1. The van der Waals surface area contributed by atoms with Gasteiger partial charge in [-0.1, -0.05) is 5.92 Å². The number of carbonyl (C=O) groups excluding carboxylic acids is 1. The average molecular weight is 226 g/mol. The van der Waals surface area contributed by atoms with Crippen molar-refractivity contribution in [3.63, 3.8) is 0 Å². The van der Waals surface area contributed by atoms with Gasteiger partial charge in [-0.3, -0.25) is 4.79 Å². The van der Waals surface area contributed by atoms with Crippen molar-refractivity contribution < 1.29 is 4.79 Å². The lowest BCUT2D eigenvalue weighted by atomic mass is 10.1. The molecule has 1 unspecified atom stereocenters. The minimum absolute atomic E-state index is 0.0587. The van der Waals surface area contributed by atoms with E-state index in [1.165, 1.54) is 12.8 Å². The molecule has 1 saturated carbocycles. The summed E-state index contributed by atoms with van der Waals surface area (Å²) in [5.41, 5.74) is 5.84. The first-order valence-corrected chi connectivity index (χ1v) is 6.43. The van der Waals surface area contributed by atoms with Gasteiger partial charge in [0.1, 0.15) is 0 Å². The van der Waals surface area contributed by atoms with Crippen LogP contribution in [0, 0.1) is 18.3 Å². The quantitative estimate of drug-likeness (QED) is 0.493. The lowest BCUT2D eigenvalue weighted by Gasteiger charge is -2.09. The van der Waals surface area contributed by atoms with Gasteiger partial charge in [-0.05, 0) is 18.8 Å². The van der Waals surface area contributed by atoms with Crippen LogP contribution in [0.15, 0.2) is 0 Å². The van der Waals surface area contributed by atoms with Crippen molar-refractivity contribution in [2.24, 2.45) is 11.7 Å². The Bertz CT molecular complexity index is 245. The van der Waals surface area contributed by atoms with Crippen molar-refractivity contribution in [1.82, 2.24) is 5.32 Å². The third-order valence-corrected chi connectivity index (χ3v) is 3.27. The van der Waals surface area contributed by atoms with Crippen LogP contribution < -0.4 is 11.1 Å². The Morgan fingerprint density at radius 1 is 1.67 bits per heavy atom. The van der Waals surface area contributed by atoms with Crippen LogP contribution in [0.4, 0.5) is 0 Å². The van der Waals surface area contributed by atoms with Crippen LogP contribution in [0.25, 0.3) is 0 Å². The molecule has 0 aromatic carbocycles. The highest BCUT2D eigenvalue weighted by molar-refractivity contribution is 7.99. The van der Waals surface area contributed by atoms with Crippen molar-refractivity contribution in [2.75, 3.05) is 18.1 Å². The van der Waals surface area contributed by atoms with Gasteiger partial charge in [-0.25, -0.2) is 0 Å². The zero-order chi connectivity index (χ0) is 11.1. The van der Waals surface area contributed by atoms with Crippen LogP contribution in [0.3, 0.4) is 0 Å². The Hall–Kier alpha value is -0.660. The van der Waals surface area contributed by atoms with Gasteiger partial charge in [0.2, 0.25) is 5.91 Å². The normalized spacial score (nSPS) is 16.8. The van der Waals surface area contributed by atoms with Crippen LogP contribution in [-0.2, 0) is 4.79 Å². The Balaban J connectivity index is 1.96. The van der Waals surface area contributed by atoms with Gasteiger partial charge in [0, 0.05) is 24.8 Å². The number of hydrogen-bond acceptors (Lipinski definition) is 3. The minimum atomic E-state index is 0.0587. The molecular formula is C11H18N2OS. The molecule has 0 saturated heterocycles. The summed E-state index contributed by atoms with van der Waals surface area (Å²) in [6.07, 6.45) is 7.94. The Kier molecular flexibility index (Phi) is 5.59. The standard InChI is InChI=1S/C11H18N2OS/c1-2-6-15-7-5-13-11(14)8-10(12)9-3-4-9/h1,9-10H,3-8,12H2,(H,13,14). The fraction of sp³-hybridized carbons (Fsp3) is 0.727. The van der Waals surface area contributed by atoms with Crippen molar-refractivity contribution in [3.8, 4) is 12.3 Å². The van der Waals surface area contributed by atoms with E-state index in [1.54, 1.807) is 11.8 Å². The maximum Gasteiger partial charge on any atom is 0.221 e. The van der Waals surface area contributed by atoms with Crippen LogP contribution in [0.2, 0.25) is 0 Å². The molecule has 0 spiro atoms. The molecule has 1 aliphatic carbocycles.